The van der Waals surface area contributed by atoms with Crippen molar-refractivity contribution in [2.75, 3.05) is 17.9 Å². The van der Waals surface area contributed by atoms with Gasteiger partial charge in [0.05, 0.1) is 16.8 Å². The van der Waals surface area contributed by atoms with Crippen LogP contribution in [0.4, 0.5) is 18.9 Å². The predicted molar refractivity (Wildman–Crippen MR) is 153 cm³/mol. The van der Waals surface area contributed by atoms with Gasteiger partial charge in [0.15, 0.2) is 10.9 Å². The number of hydrogen-bond acceptors (Lipinski definition) is 7. The van der Waals surface area contributed by atoms with Crippen molar-refractivity contribution in [3.05, 3.63) is 69.2 Å². The van der Waals surface area contributed by atoms with Crippen LogP contribution >= 0.6 is 27.5 Å². The molecule has 2 heterocycles. The lowest BCUT2D eigenvalue weighted by atomic mass is 10.1. The number of alkyl halides is 3. The number of nitrogens with zero attached hydrogens (tertiary/aromatic N) is 2. The summed E-state index contributed by atoms with van der Waals surface area (Å²) in [4.78, 5) is 28.9. The van der Waals surface area contributed by atoms with E-state index in [9.17, 15) is 31.2 Å². The summed E-state index contributed by atoms with van der Waals surface area (Å²) >= 11 is 9.73. The summed E-state index contributed by atoms with van der Waals surface area (Å²) in [6, 6.07) is 10.6. The van der Waals surface area contributed by atoms with Crippen LogP contribution in [0.15, 0.2) is 51.4 Å². The molecule has 1 amide bonds. The van der Waals surface area contributed by atoms with E-state index in [0.717, 1.165) is 0 Å². The van der Waals surface area contributed by atoms with Gasteiger partial charge >= 0.3 is 21.5 Å². The Hall–Kier alpha value is -3.56. The largest absolute Gasteiger partial charge is 0.516 e. The maximum absolute atomic E-state index is 13.0. The molecule has 4 aromatic rings. The van der Waals surface area contributed by atoms with Crippen LogP contribution in [0.5, 0.6) is 0 Å². The highest BCUT2D eigenvalue weighted by molar-refractivity contribution is 9.10. The van der Waals surface area contributed by atoms with Crippen LogP contribution in [-0.4, -0.2) is 48.5 Å². The highest BCUT2D eigenvalue weighted by Gasteiger charge is 2.46. The Bertz CT molecular complexity index is 1770. The van der Waals surface area contributed by atoms with E-state index < -0.39 is 27.4 Å². The maximum atomic E-state index is 13.0. The van der Waals surface area contributed by atoms with E-state index in [-0.39, 0.29) is 47.6 Å². The van der Waals surface area contributed by atoms with E-state index in [1.165, 1.54) is 24.3 Å². The van der Waals surface area contributed by atoms with Gasteiger partial charge in [-0.2, -0.15) is 21.6 Å². The zero-order valence-corrected chi connectivity index (χ0v) is 25.2. The number of fused-ring (bicyclic) bond motifs is 1. The highest BCUT2D eigenvalue weighted by Crippen LogP contribution is 2.42. The summed E-state index contributed by atoms with van der Waals surface area (Å²) in [7, 11) is -5.68. The van der Waals surface area contributed by atoms with E-state index >= 15 is 0 Å². The number of ether oxygens (including phenoxy) is 1. The van der Waals surface area contributed by atoms with Crippen LogP contribution in [0, 0.1) is 0 Å². The average Bonchev–Trinajstić information content (AvgIpc) is 3.42. The second kappa shape index (κ2) is 12.4. The summed E-state index contributed by atoms with van der Waals surface area (Å²) < 4.78 is 76.9. The third-order valence-electron chi connectivity index (χ3n) is 5.99. The van der Waals surface area contributed by atoms with Crippen molar-refractivity contribution >= 4 is 66.1 Å². The lowest BCUT2D eigenvalue weighted by molar-refractivity contribution is -0.141. The minimum atomic E-state index is -5.68. The number of aromatic nitrogens is 2. The summed E-state index contributed by atoms with van der Waals surface area (Å²) in [6.45, 7) is 3.44. The van der Waals surface area contributed by atoms with E-state index in [1.54, 1.807) is 34.4 Å². The minimum Gasteiger partial charge on any atom is -0.465 e. The number of carbonyl (C=O) groups excluding carboxylic acids is 2. The van der Waals surface area contributed by atoms with Crippen LogP contribution in [0.3, 0.4) is 0 Å². The second-order valence-corrected chi connectivity index (χ2v) is 11.6. The lowest BCUT2D eigenvalue weighted by Crippen LogP contribution is -2.32. The Morgan fingerprint density at radius 2 is 1.88 bits per heavy atom. The van der Waals surface area contributed by atoms with E-state index in [2.05, 4.69) is 26.2 Å². The Balaban J connectivity index is 1.69. The monoisotopic (exact) mass is 690 g/mol. The topological polar surface area (TPSA) is 133 Å². The molecule has 0 radical (unpaired) electrons. The molecule has 0 saturated carbocycles. The van der Waals surface area contributed by atoms with Crippen molar-refractivity contribution in [2.45, 2.75) is 32.3 Å². The first kappa shape index (κ1) is 31.4. The Morgan fingerprint density at radius 1 is 1.17 bits per heavy atom. The zero-order chi connectivity index (χ0) is 30.8. The minimum absolute atomic E-state index is 0.0426. The Kier molecular flexibility index (Phi) is 9.23. The molecule has 2 aromatic heterocycles. The fourth-order valence-electron chi connectivity index (χ4n) is 4.11. The summed E-state index contributed by atoms with van der Waals surface area (Å²) in [5, 5.41) is 2.97. The molecule has 0 aliphatic heterocycles. The van der Waals surface area contributed by atoms with Crippen molar-refractivity contribution in [3.63, 3.8) is 0 Å². The molecular formula is C26H23BrClF3N4O6S. The molecule has 0 fully saturated rings. The molecule has 0 aliphatic rings. The number of amides is 1. The van der Waals surface area contributed by atoms with Crippen LogP contribution in [0.2, 0.25) is 5.15 Å². The quantitative estimate of drug-likeness (QED) is 0.199. The Labute approximate surface area is 251 Å². The molecule has 42 heavy (non-hydrogen) atoms. The van der Waals surface area contributed by atoms with Gasteiger partial charge in [0.1, 0.15) is 23.6 Å². The number of para-hydroxylation sites is 1. The van der Waals surface area contributed by atoms with Gasteiger partial charge in [-0.1, -0.05) is 36.7 Å². The van der Waals surface area contributed by atoms with Gasteiger partial charge in [0.25, 0.3) is 5.91 Å². The highest BCUT2D eigenvalue weighted by atomic mass is 79.9. The number of anilines is 1. The van der Waals surface area contributed by atoms with Gasteiger partial charge in [-0.3, -0.25) is 14.3 Å². The molecule has 0 bridgehead atoms. The fraction of sp³-hybridized carbons (Fsp3) is 0.269. The normalized spacial score (nSPS) is 12.0. The first-order valence-corrected chi connectivity index (χ1v) is 15.0. The first-order valence-electron chi connectivity index (χ1n) is 12.4. The standard InChI is InChI=1S/C26H23BrClF3N4O6S/c1-3-19-33-24(28)22(25(37)32-12-20(36)40-4-2)35(19)13-14-9-10-18-16(11-14)21(27)23(41-18)15-7-5-6-8-17(15)34-42(38,39)26(29,30)31/h5-11,34H,3-4,12-13H2,1-2H3,(H,32,37). The van der Waals surface area contributed by atoms with Crippen molar-refractivity contribution in [1.29, 1.82) is 0 Å². The first-order chi connectivity index (χ1) is 19.8. The number of benzene rings is 2. The molecular weight excluding hydrogens is 669 g/mol. The smallest absolute Gasteiger partial charge is 0.465 e. The van der Waals surface area contributed by atoms with Crippen LogP contribution in [0.25, 0.3) is 22.3 Å². The SMILES string of the molecule is CCOC(=O)CNC(=O)c1c(Cl)nc(CC)n1Cc1ccc2oc(-c3ccccc3NS(=O)(=O)C(F)(F)F)c(Br)c2c1. The van der Waals surface area contributed by atoms with Gasteiger partial charge in [0, 0.05) is 23.9 Å². The fourth-order valence-corrected chi connectivity index (χ4v) is 5.59. The summed E-state index contributed by atoms with van der Waals surface area (Å²) in [5.41, 5.74) is -4.66. The van der Waals surface area contributed by atoms with Gasteiger partial charge in [-0.15, -0.1) is 0 Å². The molecule has 2 N–H and O–H groups in total. The molecule has 0 saturated heterocycles. The molecule has 0 aliphatic carbocycles. The number of aryl methyl sites for hydroxylation is 1. The molecule has 2 aromatic carbocycles. The number of sulfonamides is 1. The van der Waals surface area contributed by atoms with Crippen molar-refractivity contribution in [2.24, 2.45) is 0 Å². The van der Waals surface area contributed by atoms with Gasteiger partial charge < -0.3 is 19.0 Å². The molecule has 0 atom stereocenters. The number of rotatable bonds is 10. The number of hydrogen-bond donors (Lipinski definition) is 2. The zero-order valence-electron chi connectivity index (χ0n) is 22.0. The molecule has 4 rings (SSSR count). The van der Waals surface area contributed by atoms with E-state index in [0.29, 0.717) is 33.3 Å². The number of esters is 1. The van der Waals surface area contributed by atoms with Gasteiger partial charge in [-0.05, 0) is 52.7 Å². The van der Waals surface area contributed by atoms with Crippen LogP contribution in [-0.2, 0) is 32.5 Å². The summed E-state index contributed by atoms with van der Waals surface area (Å²) in [5.74, 6) is -0.616. The molecule has 0 spiro atoms. The third kappa shape index (κ3) is 6.42. The number of imidazole rings is 1. The van der Waals surface area contributed by atoms with Crippen molar-refractivity contribution in [3.8, 4) is 11.3 Å². The Morgan fingerprint density at radius 3 is 2.55 bits per heavy atom. The van der Waals surface area contributed by atoms with E-state index in [1.807, 2.05) is 6.92 Å². The molecule has 10 nitrogen and oxygen atoms in total. The van der Waals surface area contributed by atoms with Crippen molar-refractivity contribution < 1.29 is 40.3 Å². The average molecular weight is 692 g/mol. The maximum Gasteiger partial charge on any atom is 0.516 e. The predicted octanol–water partition coefficient (Wildman–Crippen LogP) is 5.88. The number of halogens is 5. The van der Waals surface area contributed by atoms with Crippen LogP contribution in [0.1, 0.15) is 35.7 Å². The van der Waals surface area contributed by atoms with Gasteiger partial charge in [-0.25, -0.2) is 4.98 Å². The summed E-state index contributed by atoms with van der Waals surface area (Å²) in [6.07, 6.45) is 0.442. The van der Waals surface area contributed by atoms with Crippen molar-refractivity contribution in [1.82, 2.24) is 14.9 Å². The molecule has 0 unspecified atom stereocenters. The number of carbonyl (C=O) groups is 2. The molecule has 16 heteroatoms. The molecule has 224 valence electrons. The van der Waals surface area contributed by atoms with Gasteiger partial charge in [0.2, 0.25) is 0 Å². The van der Waals surface area contributed by atoms with Crippen LogP contribution < -0.4 is 10.0 Å². The third-order valence-corrected chi connectivity index (χ3v) is 8.14. The number of nitrogens with one attached hydrogen (secondary N) is 2. The van der Waals surface area contributed by atoms with E-state index in [4.69, 9.17) is 20.8 Å². The lowest BCUT2D eigenvalue weighted by Gasteiger charge is -2.13. The second-order valence-electron chi connectivity index (χ2n) is 8.77. The number of furan rings is 1.